The van der Waals surface area contributed by atoms with Crippen molar-refractivity contribution < 1.29 is 18.4 Å². The van der Waals surface area contributed by atoms with Crippen LogP contribution in [0.3, 0.4) is 0 Å². The van der Waals surface area contributed by atoms with Crippen molar-refractivity contribution in [3.8, 4) is 0 Å². The quantitative estimate of drug-likeness (QED) is 0.595. The summed E-state index contributed by atoms with van der Waals surface area (Å²) in [7, 11) is 0. The molecule has 1 atom stereocenters. The first kappa shape index (κ1) is 19.3. The minimum atomic E-state index is -0.778. The Morgan fingerprint density at radius 2 is 1.69 bits per heavy atom. The normalized spacial score (nSPS) is 16.0. The van der Waals surface area contributed by atoms with Crippen molar-refractivity contribution in [1.82, 2.24) is 4.90 Å². The Balaban J connectivity index is 1.91. The zero-order valence-corrected chi connectivity index (χ0v) is 16.6. The fourth-order valence-electron chi connectivity index (χ4n) is 3.46. The molecule has 29 heavy (non-hydrogen) atoms. The molecule has 1 aliphatic rings. The van der Waals surface area contributed by atoms with Crippen LogP contribution in [0.15, 0.2) is 71.2 Å². The van der Waals surface area contributed by atoms with Crippen LogP contribution in [0.4, 0.5) is 14.5 Å². The Morgan fingerprint density at radius 3 is 2.41 bits per heavy atom. The lowest BCUT2D eigenvalue weighted by molar-refractivity contribution is -0.117. The molecule has 0 bridgehead atoms. The average Bonchev–Trinajstić information content (AvgIpc) is 2.84. The first-order chi connectivity index (χ1) is 13.9. The van der Waals surface area contributed by atoms with E-state index in [0.717, 1.165) is 0 Å². The summed E-state index contributed by atoms with van der Waals surface area (Å²) >= 11 is 3.37. The Labute approximate surface area is 174 Å². The van der Waals surface area contributed by atoms with E-state index in [0.29, 0.717) is 26.9 Å². The van der Waals surface area contributed by atoms with Gasteiger partial charge < -0.3 is 10.2 Å². The van der Waals surface area contributed by atoms with Crippen molar-refractivity contribution in [2.24, 2.45) is 0 Å². The highest BCUT2D eigenvalue weighted by Gasteiger charge is 2.34. The molecule has 0 radical (unpaired) electrons. The smallest absolute Gasteiger partial charge is 0.256 e. The van der Waals surface area contributed by atoms with Gasteiger partial charge in [0.05, 0.1) is 11.6 Å². The Kier molecular flexibility index (Phi) is 5.15. The third kappa shape index (κ3) is 3.78. The van der Waals surface area contributed by atoms with E-state index in [1.54, 1.807) is 24.3 Å². The van der Waals surface area contributed by atoms with Gasteiger partial charge in [-0.3, -0.25) is 9.59 Å². The Bertz CT molecular complexity index is 1100. The number of amides is 2. The molecular formula is C22H15BrF2N2O2. The number of hydrogen-bond acceptors (Lipinski definition) is 2. The van der Waals surface area contributed by atoms with Crippen molar-refractivity contribution in [2.75, 3.05) is 11.9 Å². The van der Waals surface area contributed by atoms with Gasteiger partial charge in [0.25, 0.3) is 5.91 Å². The highest BCUT2D eigenvalue weighted by Crippen LogP contribution is 2.37. The largest absolute Gasteiger partial charge is 0.324 e. The van der Waals surface area contributed by atoms with Crippen LogP contribution in [0.1, 0.15) is 27.5 Å². The van der Waals surface area contributed by atoms with Gasteiger partial charge in [-0.1, -0.05) is 24.3 Å². The van der Waals surface area contributed by atoms with Gasteiger partial charge in [-0.25, -0.2) is 8.78 Å². The topological polar surface area (TPSA) is 49.4 Å². The number of hydrogen-bond donors (Lipinski definition) is 1. The number of carbonyl (C=O) groups excluding carboxylic acids is 2. The minimum absolute atomic E-state index is 0.238. The third-order valence-electron chi connectivity index (χ3n) is 4.76. The van der Waals surface area contributed by atoms with Crippen molar-refractivity contribution in [2.45, 2.75) is 6.04 Å². The van der Waals surface area contributed by atoms with Gasteiger partial charge in [-0.05, 0) is 64.0 Å². The average molecular weight is 457 g/mol. The summed E-state index contributed by atoms with van der Waals surface area (Å²) in [5.41, 5.74) is 1.76. The third-order valence-corrected chi connectivity index (χ3v) is 5.45. The van der Waals surface area contributed by atoms with Crippen LogP contribution in [0.5, 0.6) is 0 Å². The number of nitrogens with one attached hydrogen (secondary N) is 1. The maximum atomic E-state index is 14.1. The van der Waals surface area contributed by atoms with Crippen LogP contribution in [-0.2, 0) is 4.79 Å². The van der Waals surface area contributed by atoms with Crippen LogP contribution >= 0.6 is 15.9 Å². The van der Waals surface area contributed by atoms with E-state index in [9.17, 15) is 18.4 Å². The summed E-state index contributed by atoms with van der Waals surface area (Å²) in [5.74, 6) is -1.73. The summed E-state index contributed by atoms with van der Waals surface area (Å²) in [6, 6.07) is 15.7. The van der Waals surface area contributed by atoms with Gasteiger partial charge in [-0.2, -0.15) is 0 Å². The van der Waals surface area contributed by atoms with E-state index in [1.807, 2.05) is 0 Å². The molecule has 4 nitrogen and oxygen atoms in total. The van der Waals surface area contributed by atoms with Crippen LogP contribution in [0.25, 0.3) is 0 Å². The zero-order chi connectivity index (χ0) is 20.5. The van der Waals surface area contributed by atoms with Crippen molar-refractivity contribution >= 4 is 33.4 Å². The number of nitrogens with zero attached hydrogens (tertiary/aromatic N) is 1. The first-order valence-corrected chi connectivity index (χ1v) is 9.63. The van der Waals surface area contributed by atoms with Crippen molar-refractivity contribution in [3.63, 3.8) is 0 Å². The highest BCUT2D eigenvalue weighted by molar-refractivity contribution is 9.10. The lowest BCUT2D eigenvalue weighted by Gasteiger charge is -2.31. The second-order valence-corrected chi connectivity index (χ2v) is 7.50. The highest BCUT2D eigenvalue weighted by atomic mass is 79.9. The Morgan fingerprint density at radius 1 is 1.00 bits per heavy atom. The van der Waals surface area contributed by atoms with E-state index in [2.05, 4.69) is 21.2 Å². The fraction of sp³-hybridized carbons (Fsp3) is 0.0909. The van der Waals surface area contributed by atoms with E-state index in [1.165, 1.54) is 47.4 Å². The van der Waals surface area contributed by atoms with Crippen molar-refractivity contribution in [1.29, 1.82) is 0 Å². The number of rotatable bonds is 2. The monoisotopic (exact) mass is 456 g/mol. The number of halogens is 3. The maximum Gasteiger partial charge on any atom is 0.256 e. The predicted molar refractivity (Wildman–Crippen MR) is 108 cm³/mol. The van der Waals surface area contributed by atoms with E-state index in [4.69, 9.17) is 0 Å². The van der Waals surface area contributed by atoms with Crippen LogP contribution in [-0.4, -0.2) is 23.3 Å². The van der Waals surface area contributed by atoms with Gasteiger partial charge in [-0.15, -0.1) is 0 Å². The summed E-state index contributed by atoms with van der Waals surface area (Å²) in [5, 5.41) is 2.73. The maximum absolute atomic E-state index is 14.1. The molecule has 4 rings (SSSR count). The summed E-state index contributed by atoms with van der Waals surface area (Å²) < 4.78 is 28.2. The molecule has 0 aromatic heterocycles. The molecular weight excluding hydrogens is 442 g/mol. The number of carbonyl (C=O) groups is 2. The molecule has 1 aliphatic heterocycles. The summed E-state index contributed by atoms with van der Waals surface area (Å²) in [4.78, 5) is 27.3. The number of anilines is 1. The molecule has 0 saturated heterocycles. The van der Waals surface area contributed by atoms with Gasteiger partial charge in [0.1, 0.15) is 18.2 Å². The second kappa shape index (κ2) is 7.75. The zero-order valence-electron chi connectivity index (χ0n) is 15.0. The second-order valence-electron chi connectivity index (χ2n) is 6.65. The van der Waals surface area contributed by atoms with Crippen LogP contribution in [0.2, 0.25) is 0 Å². The molecule has 2 amide bonds. The summed E-state index contributed by atoms with van der Waals surface area (Å²) in [6.07, 6.45) is 0. The molecule has 146 valence electrons. The lowest BCUT2D eigenvalue weighted by atomic mass is 9.95. The number of benzene rings is 3. The first-order valence-electron chi connectivity index (χ1n) is 8.84. The lowest BCUT2D eigenvalue weighted by Crippen LogP contribution is -2.39. The molecule has 1 N–H and O–H groups in total. The van der Waals surface area contributed by atoms with Crippen molar-refractivity contribution in [3.05, 3.63) is 99.5 Å². The molecule has 0 unspecified atom stereocenters. The molecule has 1 heterocycles. The van der Waals surface area contributed by atoms with Crippen LogP contribution in [0, 0.1) is 11.6 Å². The standard InChI is InChI=1S/C22H15BrF2N2O2/c23-18-4-2-1-3-16(18)22(29)27-12-20(28)26-19-10-9-15(25)11-17(19)21(27)13-5-7-14(24)8-6-13/h1-11,21H,12H2,(H,26,28)/t21-/m1/s1. The van der Waals surface area contributed by atoms with Crippen LogP contribution < -0.4 is 5.32 Å². The molecule has 3 aromatic rings. The van der Waals surface area contributed by atoms with Gasteiger partial charge >= 0.3 is 0 Å². The Hall–Kier alpha value is -3.06. The molecule has 0 aliphatic carbocycles. The minimum Gasteiger partial charge on any atom is -0.324 e. The van der Waals surface area contributed by atoms with E-state index < -0.39 is 29.5 Å². The molecule has 0 fully saturated rings. The van der Waals surface area contributed by atoms with Gasteiger partial charge in [0.15, 0.2) is 0 Å². The van der Waals surface area contributed by atoms with Gasteiger partial charge in [0, 0.05) is 15.7 Å². The molecule has 3 aromatic carbocycles. The molecule has 0 saturated carbocycles. The molecule has 7 heteroatoms. The van der Waals surface area contributed by atoms with Gasteiger partial charge in [0.2, 0.25) is 5.91 Å². The predicted octanol–water partition coefficient (Wildman–Crippen LogP) is 4.91. The SMILES string of the molecule is O=C1CN(C(=O)c2ccccc2Br)[C@H](c2ccc(F)cc2)c2cc(F)ccc2N1. The molecule has 0 spiro atoms. The number of fused-ring (bicyclic) bond motifs is 1. The van der Waals surface area contributed by atoms with E-state index in [-0.39, 0.29) is 6.54 Å². The fourth-order valence-corrected chi connectivity index (χ4v) is 3.91. The summed E-state index contributed by atoms with van der Waals surface area (Å²) in [6.45, 7) is -0.238. The van der Waals surface area contributed by atoms with E-state index >= 15 is 0 Å².